The number of aryl methyl sites for hydroxylation is 1. The van der Waals surface area contributed by atoms with Crippen molar-refractivity contribution in [2.24, 2.45) is 5.92 Å². The second-order valence-electron chi connectivity index (χ2n) is 10.2. The number of piperidine rings is 1. The zero-order chi connectivity index (χ0) is 26.2. The summed E-state index contributed by atoms with van der Waals surface area (Å²) < 4.78 is 41.0. The van der Waals surface area contributed by atoms with Gasteiger partial charge in [0, 0.05) is 67.7 Å². The Morgan fingerprint density at radius 1 is 1.05 bits per heavy atom. The fourth-order valence-corrected chi connectivity index (χ4v) is 5.06. The van der Waals surface area contributed by atoms with E-state index in [4.69, 9.17) is 9.47 Å². The van der Waals surface area contributed by atoms with Crippen molar-refractivity contribution in [2.45, 2.75) is 44.9 Å². The van der Waals surface area contributed by atoms with Gasteiger partial charge in [-0.15, -0.1) is 0 Å². The molecule has 0 atom stereocenters. The molecule has 1 aromatic carbocycles. The van der Waals surface area contributed by atoms with Crippen LogP contribution in [0.2, 0.25) is 0 Å². The number of hydrogen-bond donors (Lipinski definition) is 3. The number of ether oxygens (including phenoxy) is 2. The summed E-state index contributed by atoms with van der Waals surface area (Å²) in [5, 5.41) is 10.8. The van der Waals surface area contributed by atoms with Gasteiger partial charge in [0.25, 0.3) is 0 Å². The van der Waals surface area contributed by atoms with Gasteiger partial charge >= 0.3 is 6.01 Å². The molecule has 4 heterocycles. The van der Waals surface area contributed by atoms with E-state index in [1.807, 2.05) is 12.1 Å². The summed E-state index contributed by atoms with van der Waals surface area (Å²) in [4.78, 5) is 14.1. The van der Waals surface area contributed by atoms with Gasteiger partial charge in [0.2, 0.25) is 0 Å². The van der Waals surface area contributed by atoms with E-state index >= 15 is 4.39 Å². The summed E-state index contributed by atoms with van der Waals surface area (Å²) in [7, 11) is 1.72. The number of H-pyrrole nitrogens is 2. The Hall–Kier alpha value is -3.73. The van der Waals surface area contributed by atoms with Crippen LogP contribution in [-0.4, -0.2) is 52.0 Å². The molecular formula is C27H31F2N7O2. The van der Waals surface area contributed by atoms with Crippen molar-refractivity contribution in [3.8, 4) is 11.8 Å². The molecule has 0 unspecified atom stereocenters. The Labute approximate surface area is 219 Å². The molecule has 11 heteroatoms. The smallest absolute Gasteiger partial charge is 0.326 e. The molecule has 6 rings (SSSR count). The average Bonchev–Trinajstić information content (AvgIpc) is 3.53. The van der Waals surface area contributed by atoms with E-state index < -0.39 is 11.6 Å². The first-order chi connectivity index (χ1) is 18.5. The van der Waals surface area contributed by atoms with Gasteiger partial charge in [-0.2, -0.15) is 15.1 Å². The molecule has 0 radical (unpaired) electrons. The fourth-order valence-electron chi connectivity index (χ4n) is 5.06. The highest BCUT2D eigenvalue weighted by atomic mass is 19.1. The third kappa shape index (κ3) is 5.15. The van der Waals surface area contributed by atoms with Crippen LogP contribution < -0.4 is 15.0 Å². The Kier molecular flexibility index (Phi) is 6.61. The number of rotatable bonds is 9. The van der Waals surface area contributed by atoms with Crippen molar-refractivity contribution < 1.29 is 18.3 Å². The predicted molar refractivity (Wildman–Crippen MR) is 140 cm³/mol. The predicted octanol–water partition coefficient (Wildman–Crippen LogP) is 5.93. The Morgan fingerprint density at radius 3 is 2.63 bits per heavy atom. The first kappa shape index (κ1) is 24.6. The number of methoxy groups -OCH3 is 1. The molecule has 0 amide bonds. The van der Waals surface area contributed by atoms with Gasteiger partial charge in [-0.3, -0.25) is 5.10 Å². The highest BCUT2D eigenvalue weighted by Gasteiger charge is 2.26. The Balaban J connectivity index is 1.29. The number of hydrogen-bond acceptors (Lipinski definition) is 7. The topological polar surface area (TPSA) is 104 Å². The lowest BCUT2D eigenvalue weighted by Crippen LogP contribution is -2.34. The van der Waals surface area contributed by atoms with Crippen molar-refractivity contribution in [1.29, 1.82) is 0 Å². The molecule has 200 valence electrons. The minimum absolute atomic E-state index is 0.0747. The molecule has 1 saturated heterocycles. The van der Waals surface area contributed by atoms with Crippen molar-refractivity contribution in [3.05, 3.63) is 47.3 Å². The molecule has 38 heavy (non-hydrogen) atoms. The summed E-state index contributed by atoms with van der Waals surface area (Å²) in [6, 6.07) is 6.30. The molecule has 3 aromatic heterocycles. The van der Waals surface area contributed by atoms with Gasteiger partial charge < -0.3 is 24.7 Å². The second-order valence-corrected chi connectivity index (χ2v) is 10.2. The van der Waals surface area contributed by atoms with E-state index in [1.165, 1.54) is 0 Å². The second kappa shape index (κ2) is 10.2. The van der Waals surface area contributed by atoms with Gasteiger partial charge in [0.05, 0.1) is 5.52 Å². The van der Waals surface area contributed by atoms with Crippen molar-refractivity contribution in [2.75, 3.05) is 37.0 Å². The van der Waals surface area contributed by atoms with Crippen molar-refractivity contribution >= 4 is 28.4 Å². The number of fused-ring (bicyclic) bond motifs is 1. The summed E-state index contributed by atoms with van der Waals surface area (Å²) in [6.07, 6.45) is 5.37. The molecule has 0 spiro atoms. The van der Waals surface area contributed by atoms with Crippen LogP contribution in [0.15, 0.2) is 24.3 Å². The van der Waals surface area contributed by atoms with Crippen LogP contribution in [0.5, 0.6) is 11.8 Å². The molecule has 2 aliphatic rings. The van der Waals surface area contributed by atoms with E-state index in [-0.39, 0.29) is 22.7 Å². The Morgan fingerprint density at radius 2 is 1.87 bits per heavy atom. The van der Waals surface area contributed by atoms with E-state index in [1.54, 1.807) is 20.1 Å². The summed E-state index contributed by atoms with van der Waals surface area (Å²) in [5.74, 6) is 1.31. The maximum atomic E-state index is 15.3. The minimum Gasteiger partial charge on any atom is -0.421 e. The molecule has 0 bridgehead atoms. The third-order valence-corrected chi connectivity index (χ3v) is 7.33. The summed E-state index contributed by atoms with van der Waals surface area (Å²) >= 11 is 0. The zero-order valence-corrected chi connectivity index (χ0v) is 21.5. The summed E-state index contributed by atoms with van der Waals surface area (Å²) in [5.41, 5.74) is 1.84. The average molecular weight is 524 g/mol. The SMILES string of the molecule is COCCC1CCN(c2cc(Nc3cc(C4CC4)[nH]n3)nc(Oc3cc(F)c4[nH]c(C)cc4c3F)n2)CC1. The molecular weight excluding hydrogens is 492 g/mol. The first-order valence-corrected chi connectivity index (χ1v) is 13.1. The van der Waals surface area contributed by atoms with Gasteiger partial charge in [0.15, 0.2) is 23.2 Å². The molecule has 4 aromatic rings. The maximum absolute atomic E-state index is 15.3. The third-order valence-electron chi connectivity index (χ3n) is 7.33. The fraction of sp³-hybridized carbons (Fsp3) is 0.444. The van der Waals surface area contributed by atoms with Crippen LogP contribution in [-0.2, 0) is 4.74 Å². The van der Waals surface area contributed by atoms with Gasteiger partial charge in [-0.05, 0) is 51.0 Å². The van der Waals surface area contributed by atoms with Crippen LogP contribution in [0.25, 0.3) is 10.9 Å². The van der Waals surface area contributed by atoms with Gasteiger partial charge in [-0.25, -0.2) is 8.78 Å². The lowest BCUT2D eigenvalue weighted by atomic mass is 9.94. The zero-order valence-electron chi connectivity index (χ0n) is 21.5. The van der Waals surface area contributed by atoms with E-state index in [0.29, 0.717) is 35.0 Å². The maximum Gasteiger partial charge on any atom is 0.326 e. The Bertz CT molecular complexity index is 1440. The molecule has 9 nitrogen and oxygen atoms in total. The highest BCUT2D eigenvalue weighted by molar-refractivity contribution is 5.83. The van der Waals surface area contributed by atoms with Crippen LogP contribution in [0.1, 0.15) is 49.4 Å². The van der Waals surface area contributed by atoms with E-state index in [0.717, 1.165) is 63.6 Å². The number of anilines is 3. The quantitative estimate of drug-likeness (QED) is 0.250. The number of nitrogens with zero attached hydrogens (tertiary/aromatic N) is 4. The van der Waals surface area contributed by atoms with Crippen molar-refractivity contribution in [3.63, 3.8) is 0 Å². The first-order valence-electron chi connectivity index (χ1n) is 13.1. The molecule has 1 aliphatic heterocycles. The van der Waals surface area contributed by atoms with Crippen LogP contribution >= 0.6 is 0 Å². The minimum atomic E-state index is -0.672. The number of nitrogens with one attached hydrogen (secondary N) is 3. The van der Waals surface area contributed by atoms with Gasteiger partial charge in [-0.1, -0.05) is 0 Å². The highest BCUT2D eigenvalue weighted by Crippen LogP contribution is 2.40. The normalized spacial score (nSPS) is 16.4. The molecule has 2 fully saturated rings. The molecule has 3 N–H and O–H groups in total. The lowest BCUT2D eigenvalue weighted by Gasteiger charge is -2.33. The van der Waals surface area contributed by atoms with E-state index in [2.05, 4.69) is 35.4 Å². The molecule has 1 aliphatic carbocycles. The monoisotopic (exact) mass is 523 g/mol. The molecule has 1 saturated carbocycles. The van der Waals surface area contributed by atoms with E-state index in [9.17, 15) is 4.39 Å². The lowest BCUT2D eigenvalue weighted by molar-refractivity contribution is 0.170. The largest absolute Gasteiger partial charge is 0.421 e. The van der Waals surface area contributed by atoms with Crippen molar-refractivity contribution in [1.82, 2.24) is 25.1 Å². The van der Waals surface area contributed by atoms with Gasteiger partial charge in [0.1, 0.15) is 11.6 Å². The number of benzene rings is 1. The standard InChI is InChI=1S/C27H31F2N7O2/c1-15-11-18-25(29)21(12-19(28)26(18)30-15)38-27-32-22(31-23-13-20(34-35-23)17-3-4-17)14-24(33-27)36-8-5-16(6-9-36)7-10-37-2/h11-14,16-17,30H,3-10H2,1-2H3,(H2,31,32,33,34,35). The number of halogens is 2. The summed E-state index contributed by atoms with van der Waals surface area (Å²) in [6.45, 7) is 4.13. The van der Waals surface area contributed by atoms with Crippen LogP contribution in [0, 0.1) is 24.5 Å². The number of aromatic nitrogens is 5. The van der Waals surface area contributed by atoms with Crippen LogP contribution in [0.3, 0.4) is 0 Å². The van der Waals surface area contributed by atoms with Crippen LogP contribution in [0.4, 0.5) is 26.2 Å². The number of aromatic amines is 2.